The first kappa shape index (κ1) is 132. The fourth-order valence-corrected chi connectivity index (χ4v) is 24.6. The summed E-state index contributed by atoms with van der Waals surface area (Å²) in [6.45, 7) is 22.9. The van der Waals surface area contributed by atoms with E-state index in [0.29, 0.717) is 6.04 Å². The van der Waals surface area contributed by atoms with E-state index in [1.807, 2.05) is 6.92 Å². The molecule has 8 aliphatic carbocycles. The Hall–Kier alpha value is -6.03. The summed E-state index contributed by atoms with van der Waals surface area (Å²) >= 11 is 1.77. The molecule has 772 valence electrons. The van der Waals surface area contributed by atoms with Crippen molar-refractivity contribution in [2.45, 2.75) is 368 Å². The summed E-state index contributed by atoms with van der Waals surface area (Å²) in [5.41, 5.74) is 20.8. The van der Waals surface area contributed by atoms with Crippen molar-refractivity contribution < 1.29 is 82.0 Å². The van der Waals surface area contributed by atoms with Crippen LogP contribution in [0.1, 0.15) is 384 Å². The monoisotopic (exact) mass is 2080 g/mol. The zero-order valence-corrected chi connectivity index (χ0v) is 96.6. The van der Waals surface area contributed by atoms with Crippen molar-refractivity contribution in [2.24, 2.45) is 23.2 Å². The minimum atomic E-state index is -0.153. The molecule has 0 amide bonds. The molecule has 8 fully saturated rings. The van der Waals surface area contributed by atoms with Crippen LogP contribution in [0.2, 0.25) is 0 Å². The fraction of sp³-hybridized carbons (Fsp3) is 0.515. The molecule has 2 atom stereocenters. The summed E-state index contributed by atoms with van der Waals surface area (Å²) < 4.78 is 8.03. The third-order valence-corrected chi connectivity index (χ3v) is 32.0. The van der Waals surface area contributed by atoms with Gasteiger partial charge in [0.05, 0.1) is 16.2 Å². The maximum Gasteiger partial charge on any atom is 2.00 e. The van der Waals surface area contributed by atoms with Gasteiger partial charge in [0, 0.05) is 125 Å². The van der Waals surface area contributed by atoms with Crippen molar-refractivity contribution in [3.63, 3.8) is 0 Å². The minimum absolute atomic E-state index is 0. The smallest absolute Gasteiger partial charge is 0.378 e. The zero-order chi connectivity index (χ0) is 89.2. The van der Waals surface area contributed by atoms with Crippen LogP contribution >= 0.6 is 11.3 Å². The molecule has 140 heavy (non-hydrogen) atoms. The van der Waals surface area contributed by atoms with Crippen LogP contribution in [0.25, 0.3) is 45.3 Å². The second-order valence-corrected chi connectivity index (χ2v) is 41.8. The Kier molecular flexibility index (Phi) is 65.2. The molecule has 10 heteroatoms. The molecule has 8 saturated carbocycles. The molecule has 8 aromatic rings. The molecule has 0 radical (unpaired) electrons. The summed E-state index contributed by atoms with van der Waals surface area (Å²) in [6.07, 6.45) is 79.7. The molecule has 0 saturated heterocycles. The number of fused-ring (bicyclic) bond motifs is 6. The predicted molar refractivity (Wildman–Crippen MR) is 614 cm³/mol. The number of unbranched alkanes of at least 4 members (excludes halogenated alkanes) is 2. The van der Waals surface area contributed by atoms with Crippen LogP contribution in [0.15, 0.2) is 192 Å². The standard InChI is InChI=1S/C39H55N2.C34H39N2.C29H34NS.4C5H10.8CH3.4Fe/c1-31-38(35-21-6-5-7-22-35)39(2,29-14-20-33-17-10-11-18-33)37(28-25-34-23-26-36(27-24-34)40(3)4)41(31)30-13-12-19-32-15-8-9-16-32;1-5-8-25-34(4)32(24-19-26-17-21-28(22-18-26)35(6-2)7-3)36(29-14-10-11-15-29)31-23-20-27-13-9-12-16-30(27)33(31)34;1-29(2)27(17-14-23-18-20-31-21-23)30(19-8-7-11-22-9-3-4-10-22)26-16-15-24-12-5-6-13-25(24)28(26)29;4*1-2-4-5-3-1;;;;;;;;;;;;/h5-7,21-28,32-33H,8-20,29-30H2,1-4H3;9,12-13,16-24,29H,6-7,10-11,14-15,25H2,1-4H3;5-6,12-18,20-22H,3-4,7-11,19H2,1-2H3;4*1-5H2;8*1H3;;;;/q3*+1;;;;;8*-1;4*+2/b;;17-14+;;;;;;;;;;;;;;;;. The van der Waals surface area contributed by atoms with Gasteiger partial charge in [-0.2, -0.15) is 25.1 Å². The molecule has 11 aliphatic rings. The second-order valence-electron chi connectivity index (χ2n) is 41.1. The Morgan fingerprint density at radius 3 is 1.21 bits per heavy atom. The molecule has 5 nitrogen and oxygen atoms in total. The molecule has 4 heterocycles. The number of hydrogen-bond acceptors (Lipinski definition) is 3. The van der Waals surface area contributed by atoms with Gasteiger partial charge in [0.2, 0.25) is 11.4 Å². The molecule has 0 spiro atoms. The number of nitrogens with zero attached hydrogens (tertiary/aromatic N) is 5. The van der Waals surface area contributed by atoms with E-state index in [4.69, 9.17) is 0 Å². The van der Waals surface area contributed by atoms with E-state index in [1.165, 1.54) is 389 Å². The van der Waals surface area contributed by atoms with E-state index in [-0.39, 0.29) is 144 Å². The maximum atomic E-state index is 3.47. The van der Waals surface area contributed by atoms with Gasteiger partial charge in [-0.3, -0.25) is 0 Å². The average Bonchev–Trinajstić information content (AvgIpc) is 1.51. The number of anilines is 2. The molecule has 2 unspecified atom stereocenters. The van der Waals surface area contributed by atoms with Crippen LogP contribution in [0.3, 0.4) is 0 Å². The molecule has 3 aliphatic heterocycles. The van der Waals surface area contributed by atoms with Gasteiger partial charge in [0.15, 0.2) is 28.9 Å². The Bertz CT molecular complexity index is 4940. The van der Waals surface area contributed by atoms with Crippen molar-refractivity contribution in [1.29, 1.82) is 0 Å². The molecule has 1 aromatic heterocycles. The van der Waals surface area contributed by atoms with E-state index in [9.17, 15) is 0 Å². The normalized spacial score (nSPS) is 19.1. The SMILES string of the molecule is C1CCCC1.C1CCCC1.C1CCCC1.C1CCCC1.CC#CCC1(C)C(/C=C/c2ccc(N(CC)CC)cc2)=[N+](C2CCCC2)c2ccc3ccccc3c21.CC1(C)C(/C=C/c2ccsc2)=[N+](CCCCC2CCCC2)c2ccc3ccccc3c21.CC1=C(c2ccccc2)C(C)(CCCC2CCCC2)C(/C=C/c2ccc(N(C)C)cc2)=[N+]1CCCCC1CCCC1.[CH3-].[CH3-].[CH3-].[CH3-].[CH3-].[CH3-].[CH3-].[CH3-].[Fe+2].[Fe+2].[Fe+2].[Fe+2]. The first-order valence-electron chi connectivity index (χ1n) is 52.6. The van der Waals surface area contributed by atoms with Crippen molar-refractivity contribution >= 4 is 96.6 Å². The van der Waals surface area contributed by atoms with Gasteiger partial charge in [-0.15, -0.1) is 11.8 Å². The van der Waals surface area contributed by atoms with E-state index >= 15 is 0 Å². The summed E-state index contributed by atoms with van der Waals surface area (Å²) in [5.74, 6) is 9.60. The van der Waals surface area contributed by atoms with E-state index < -0.39 is 0 Å². The maximum absolute atomic E-state index is 3.47. The summed E-state index contributed by atoms with van der Waals surface area (Å²) in [6, 6.07) is 59.2. The molecule has 0 N–H and O–H groups in total. The van der Waals surface area contributed by atoms with Crippen molar-refractivity contribution in [3.05, 3.63) is 285 Å². The molecule has 7 aromatic carbocycles. The quantitative estimate of drug-likeness (QED) is 0.0168. The Morgan fingerprint density at radius 2 is 0.771 bits per heavy atom. The van der Waals surface area contributed by atoms with Gasteiger partial charge in [0.25, 0.3) is 0 Å². The topological polar surface area (TPSA) is 15.5 Å². The predicted octanol–water partition coefficient (Wildman–Crippen LogP) is 38.2. The van der Waals surface area contributed by atoms with E-state index in [1.54, 1.807) is 16.9 Å². The minimum Gasteiger partial charge on any atom is -0.378 e. The van der Waals surface area contributed by atoms with Gasteiger partial charge >= 0.3 is 68.3 Å². The summed E-state index contributed by atoms with van der Waals surface area (Å²) in [7, 11) is 4.22. The molecule has 0 bridgehead atoms. The second kappa shape index (κ2) is 69.2. The van der Waals surface area contributed by atoms with Gasteiger partial charge in [-0.1, -0.05) is 334 Å². The number of thiophene rings is 1. The van der Waals surface area contributed by atoms with Crippen LogP contribution in [0.5, 0.6) is 0 Å². The summed E-state index contributed by atoms with van der Waals surface area (Å²) in [5, 5.41) is 9.82. The van der Waals surface area contributed by atoms with Crippen LogP contribution in [-0.4, -0.2) is 77.2 Å². The number of hydrogen-bond donors (Lipinski definition) is 0. The Labute approximate surface area is 908 Å². The van der Waals surface area contributed by atoms with Gasteiger partial charge in [0.1, 0.15) is 13.1 Å². The van der Waals surface area contributed by atoms with Gasteiger partial charge in [-0.25, -0.2) is 0 Å². The molecular weight excluding hydrogens is 1890 g/mol. The first-order chi connectivity index (χ1) is 62.7. The summed E-state index contributed by atoms with van der Waals surface area (Å²) in [4.78, 5) is 4.57. The fourth-order valence-electron chi connectivity index (χ4n) is 23.9. The van der Waals surface area contributed by atoms with Crippen LogP contribution in [-0.2, 0) is 79.1 Å². The van der Waals surface area contributed by atoms with Crippen molar-refractivity contribution in [2.75, 3.05) is 50.1 Å². The van der Waals surface area contributed by atoms with Gasteiger partial charge < -0.3 is 69.2 Å². The largest absolute Gasteiger partial charge is 2.00 e. The third kappa shape index (κ3) is 36.2. The Balaban J connectivity index is 0.000000916. The molecule has 19 rings (SSSR count). The molecular formula is C130H192Fe4N5S+3. The van der Waals surface area contributed by atoms with E-state index in [2.05, 4.69) is 303 Å². The third-order valence-electron chi connectivity index (χ3n) is 31.3. The van der Waals surface area contributed by atoms with E-state index in [0.717, 1.165) is 50.4 Å². The zero-order valence-electron chi connectivity index (χ0n) is 91.4. The number of allylic oxidation sites excluding steroid dienone is 5. The average molecular weight is 2080 g/mol. The van der Waals surface area contributed by atoms with Crippen LogP contribution in [0, 0.1) is 94.4 Å². The number of rotatable bonds is 27. The van der Waals surface area contributed by atoms with Crippen LogP contribution < -0.4 is 9.80 Å². The van der Waals surface area contributed by atoms with Gasteiger partial charge in [-0.05, 0) is 214 Å². The Morgan fingerprint density at radius 1 is 0.379 bits per heavy atom. The van der Waals surface area contributed by atoms with Crippen molar-refractivity contribution in [3.8, 4) is 11.8 Å². The van der Waals surface area contributed by atoms with Crippen LogP contribution in [0.4, 0.5) is 22.7 Å². The number of benzene rings is 7. The van der Waals surface area contributed by atoms with Crippen molar-refractivity contribution in [1.82, 2.24) is 0 Å². The first-order valence-corrected chi connectivity index (χ1v) is 53.5.